The topological polar surface area (TPSA) is 670 Å². The molecule has 0 radical (unpaired) electrons. The van der Waals surface area contributed by atoms with Gasteiger partial charge in [0, 0.05) is 91.0 Å². The van der Waals surface area contributed by atoms with Crippen molar-refractivity contribution in [2.45, 2.75) is 216 Å². The lowest BCUT2D eigenvalue weighted by atomic mass is 9.97. The number of ether oxygens (including phenoxy) is 17. The van der Waals surface area contributed by atoms with Gasteiger partial charge < -0.3 is 175 Å². The monoisotopic (exact) mass is 1840 g/mol. The Balaban J connectivity index is 1.18. The van der Waals surface area contributed by atoms with Crippen LogP contribution in [0.5, 0.6) is 0 Å². The van der Waals surface area contributed by atoms with Crippen molar-refractivity contribution in [3.8, 4) is 0 Å². The highest BCUT2D eigenvalue weighted by Gasteiger charge is 2.49. The Morgan fingerprint density at radius 3 is 1.50 bits per heavy atom. The molecule has 11 unspecified atom stereocenters. The summed E-state index contributed by atoms with van der Waals surface area (Å²) in [6.07, 6.45) is -10.6. The van der Waals surface area contributed by atoms with Crippen LogP contribution in [-0.4, -0.2) is 432 Å². The molecule has 0 spiro atoms. The molecule has 734 valence electrons. The highest BCUT2D eigenvalue weighted by atomic mass is 16.7. The first-order chi connectivity index (χ1) is 61.1. The molecule has 0 aliphatic carbocycles. The molecule has 17 atom stereocenters. The molecule has 4 fully saturated rings. The van der Waals surface area contributed by atoms with Crippen LogP contribution in [0.15, 0.2) is 28.2 Å². The first-order valence-corrected chi connectivity index (χ1v) is 42.7. The Morgan fingerprint density at radius 2 is 1.00 bits per heavy atom. The maximum Gasteiger partial charge on any atom is 0.232 e. The first-order valence-electron chi connectivity index (χ1n) is 42.7. The number of aliphatic hydroxyl groups is 9. The van der Waals surface area contributed by atoms with Crippen LogP contribution in [0.1, 0.15) is 99.6 Å². The van der Waals surface area contributed by atoms with Crippen molar-refractivity contribution in [1.82, 2.24) is 57.1 Å². The number of hydrogen-bond acceptors (Lipinski definition) is 41. The van der Waals surface area contributed by atoms with Gasteiger partial charge in [0.1, 0.15) is 90.0 Å². The Kier molecular flexibility index (Phi) is 52.5. The van der Waals surface area contributed by atoms with Crippen LogP contribution in [-0.2, 0) is 132 Å². The summed E-state index contributed by atoms with van der Waals surface area (Å²) in [6, 6.07) is -3.33. The lowest BCUT2D eigenvalue weighted by Gasteiger charge is -2.42. The van der Waals surface area contributed by atoms with E-state index in [1.165, 1.54) is 37.9 Å². The third-order valence-electron chi connectivity index (χ3n) is 20.0. The minimum Gasteiger partial charge on any atom is -0.399 e. The molecule has 5 rings (SSSR count). The number of hydrogen-bond donors (Lipinski definition) is 18. The van der Waals surface area contributed by atoms with E-state index in [0.29, 0.717) is 25.1 Å². The zero-order valence-electron chi connectivity index (χ0n) is 74.4. The molecule has 20 N–H and O–H groups in total. The Labute approximate surface area is 743 Å². The smallest absolute Gasteiger partial charge is 0.232 e. The molecular weight excluding hydrogens is 1700 g/mol. The standard InChI is InChI=1S/C79H139N15O34/c1-50-37-63(104)94(73(50)111)18-11-61(102)85-17-23-125-78(7,8)13-20-124-77(5,6)12-9-60(101)84-14-10-62(103)89-79(47-118-44-54(80)38-82-15-21-112-25-28-115-31-34-121-74-64(86-51(2)98)70(108)67(105)57(41-95)126-74,48-119-45-55(90-81)39-83-16-22-113-26-29-116-32-35-122-75-65(87-52(3)99)71(109)68(106)58(42-96)127-75)49-120-46-56-40-93(92-91-56)19-24-114-27-30-117-33-36-123-76-66(88-53(4)100)72(110)69(107)59(43-97)128-76/h38-40,50,57-59,64-72,74-76,82,95-97,105-110H,9-37,41-49,80-81H2,1-8H3,(H,84,101)(H,85,102)(H,86,98)(H,87,99)(H,88,100)(H,89,103)/b54-38-,83-39?,90-55?/t50?,57?,58?,59?,64?,65?,66?,67-,68-,69-,70?,71?,72?,74+,75+,76+,79?/m1/s1. The van der Waals surface area contributed by atoms with Gasteiger partial charge in [-0.3, -0.25) is 48.2 Å². The maximum atomic E-state index is 14.3. The molecule has 128 heavy (non-hydrogen) atoms. The fourth-order valence-electron chi connectivity index (χ4n) is 13.0. The second-order valence-electron chi connectivity index (χ2n) is 31.8. The number of aliphatic imine (C=N–C) groups is 1. The molecule has 0 bridgehead atoms. The number of aliphatic hydroxyl groups excluding tert-OH is 9. The quantitative estimate of drug-likeness (QED) is 0.00947. The number of nitrogens with two attached hydrogens (primary N) is 2. The molecule has 0 saturated carbocycles. The van der Waals surface area contributed by atoms with Crippen molar-refractivity contribution >= 4 is 59.2 Å². The Morgan fingerprint density at radius 1 is 0.539 bits per heavy atom. The van der Waals surface area contributed by atoms with E-state index in [1.807, 2.05) is 27.7 Å². The molecule has 49 nitrogen and oxygen atoms in total. The van der Waals surface area contributed by atoms with Crippen molar-refractivity contribution in [3.05, 3.63) is 23.8 Å². The van der Waals surface area contributed by atoms with E-state index in [1.54, 1.807) is 13.1 Å². The summed E-state index contributed by atoms with van der Waals surface area (Å²) in [5.41, 5.74) is 4.28. The molecule has 4 aliphatic rings. The van der Waals surface area contributed by atoms with E-state index in [4.69, 9.17) is 92.1 Å². The summed E-state index contributed by atoms with van der Waals surface area (Å²) in [4.78, 5) is 105. The largest absolute Gasteiger partial charge is 0.399 e. The number of carbonyl (C=O) groups is 8. The molecule has 0 aromatic carbocycles. The van der Waals surface area contributed by atoms with Gasteiger partial charge in [0.05, 0.1) is 208 Å². The average molecular weight is 1840 g/mol. The van der Waals surface area contributed by atoms with Gasteiger partial charge in [-0.25, -0.2) is 4.68 Å². The zero-order valence-corrected chi connectivity index (χ0v) is 74.4. The van der Waals surface area contributed by atoms with E-state index >= 15 is 0 Å². The van der Waals surface area contributed by atoms with Crippen LogP contribution in [0.4, 0.5) is 0 Å². The SMILES string of the molecule is CC(=O)NC1C(O)[C@H](O)C(CO)O[C@@H]1OCCOCCOCCN=CC(COCC(COC/C(N)=C/NCCOCCOCCO[C@H]1OC(CO)[C@@H](O)C(O)C1NC(C)=O)(COCc1cn(CCOCCOCCO[C@H]2OC(CO)[C@@H](O)C(O)C2NC(C)=O)nn1)NC(=O)CCNC(=O)CCC(C)(C)OCCC(C)(C)OCCNC(=O)CCN1C(=O)CC(C)C1=O)=NN. The van der Waals surface area contributed by atoms with Crippen molar-refractivity contribution in [1.29, 1.82) is 0 Å². The predicted molar refractivity (Wildman–Crippen MR) is 446 cm³/mol. The normalized spacial score (nSPS) is 24.7. The van der Waals surface area contributed by atoms with Gasteiger partial charge in [0.15, 0.2) is 18.9 Å². The number of nitrogens with zero attached hydrogens (tertiary/aromatic N) is 6. The highest BCUT2D eigenvalue weighted by molar-refractivity contribution is 6.31. The Hall–Kier alpha value is -7.46. The molecule has 8 amide bonds. The summed E-state index contributed by atoms with van der Waals surface area (Å²) in [7, 11) is 0. The number of amides is 8. The molecule has 1 aromatic heterocycles. The molecule has 4 aliphatic heterocycles. The van der Waals surface area contributed by atoms with Gasteiger partial charge >= 0.3 is 0 Å². The van der Waals surface area contributed by atoms with Gasteiger partial charge in [-0.1, -0.05) is 12.1 Å². The maximum absolute atomic E-state index is 14.3. The van der Waals surface area contributed by atoms with E-state index in [-0.39, 0.29) is 245 Å². The third kappa shape index (κ3) is 42.4. The molecule has 49 heteroatoms. The fraction of sp³-hybridized carbons (Fsp3) is 0.823. The van der Waals surface area contributed by atoms with E-state index in [2.05, 4.69) is 57.6 Å². The van der Waals surface area contributed by atoms with Crippen molar-refractivity contribution in [2.75, 3.05) is 198 Å². The summed E-state index contributed by atoms with van der Waals surface area (Å²) < 4.78 is 100. The minimum atomic E-state index is -1.53. The van der Waals surface area contributed by atoms with Gasteiger partial charge in [0.25, 0.3) is 0 Å². The van der Waals surface area contributed by atoms with E-state index in [0.717, 1.165) is 4.90 Å². The number of likely N-dealkylation sites (tertiary alicyclic amines) is 1. The molecule has 4 saturated heterocycles. The first kappa shape index (κ1) is 111. The van der Waals surface area contributed by atoms with Gasteiger partial charge in [0.2, 0.25) is 47.3 Å². The number of hydrazone groups is 1. The second kappa shape index (κ2) is 60.6. The van der Waals surface area contributed by atoms with Crippen LogP contribution in [0.3, 0.4) is 0 Å². The van der Waals surface area contributed by atoms with Gasteiger partial charge in [-0.2, -0.15) is 5.10 Å². The van der Waals surface area contributed by atoms with Gasteiger partial charge in [-0.15, -0.1) is 5.10 Å². The number of nitrogens with one attached hydrogen (secondary N) is 7. The number of aromatic nitrogens is 3. The third-order valence-corrected chi connectivity index (χ3v) is 20.0. The molecular formula is C79H139N15O34. The number of rotatable bonds is 68. The Bertz CT molecular complexity index is 3500. The average Bonchev–Trinajstić information content (AvgIpc) is 1.30. The molecule has 1 aromatic rings. The van der Waals surface area contributed by atoms with E-state index in [9.17, 15) is 84.3 Å². The highest BCUT2D eigenvalue weighted by Crippen LogP contribution is 2.27. The van der Waals surface area contributed by atoms with Gasteiger partial charge in [-0.05, 0) is 40.5 Å². The summed E-state index contributed by atoms with van der Waals surface area (Å²) in [5, 5.41) is 123. The minimum absolute atomic E-state index is 0.0150. The lowest BCUT2D eigenvalue weighted by molar-refractivity contribution is -0.272. The lowest BCUT2D eigenvalue weighted by Crippen LogP contribution is -2.64. The van der Waals surface area contributed by atoms with Crippen LogP contribution in [0.25, 0.3) is 0 Å². The van der Waals surface area contributed by atoms with Crippen molar-refractivity contribution in [2.24, 2.45) is 27.6 Å². The van der Waals surface area contributed by atoms with Crippen LogP contribution >= 0.6 is 0 Å². The summed E-state index contributed by atoms with van der Waals surface area (Å²) in [5.74, 6) is 2.15. The number of imide groups is 1. The number of carbonyl (C=O) groups excluding carboxylic acids is 8. The second-order valence-corrected chi connectivity index (χ2v) is 31.8. The summed E-state index contributed by atoms with van der Waals surface area (Å²) in [6.45, 7) is 12.5. The summed E-state index contributed by atoms with van der Waals surface area (Å²) >= 11 is 0. The van der Waals surface area contributed by atoms with Crippen molar-refractivity contribution < 1.29 is 165 Å². The van der Waals surface area contributed by atoms with E-state index < -0.39 is 158 Å². The van der Waals surface area contributed by atoms with Crippen LogP contribution in [0, 0.1) is 5.92 Å². The van der Waals surface area contributed by atoms with Crippen molar-refractivity contribution in [3.63, 3.8) is 0 Å². The fourth-order valence-corrected chi connectivity index (χ4v) is 13.0. The molecule has 5 heterocycles. The predicted octanol–water partition coefficient (Wildman–Crippen LogP) is -8.39. The van der Waals surface area contributed by atoms with Crippen LogP contribution in [0.2, 0.25) is 0 Å². The van der Waals surface area contributed by atoms with Crippen LogP contribution < -0.4 is 48.8 Å². The zero-order chi connectivity index (χ0) is 94.0.